The Kier molecular flexibility index (Phi) is 12.0. The number of hydrogen-bond donors (Lipinski definition) is 0. The SMILES string of the molecule is c1ccc(N2c3ccccc3B3c4cc([Si](c5ccccc5)(c5ccccc5)c5ccccc5)ccc4N(c4ccccc4[Si](c4ccccc4)(c4ccccc4)c4ccccc4)c4cc(-n5c6ccccc6c6ccccc65)cc2c43)cc1. The van der Waals surface area contributed by atoms with E-state index in [1.165, 1.54) is 91.1 Å². The van der Waals surface area contributed by atoms with Gasteiger partial charge in [0, 0.05) is 44.9 Å². The first kappa shape index (κ1) is 49.6. The van der Waals surface area contributed by atoms with Crippen molar-refractivity contribution in [3.63, 3.8) is 0 Å². The summed E-state index contributed by atoms with van der Waals surface area (Å²) in [5.41, 5.74) is 14.2. The molecule has 2 aliphatic rings. The molecular formula is C78H56BN3Si2. The van der Waals surface area contributed by atoms with Gasteiger partial charge in [-0.05, 0) is 112 Å². The normalized spacial score (nSPS) is 12.7. The van der Waals surface area contributed by atoms with Gasteiger partial charge in [0.15, 0.2) is 16.1 Å². The fraction of sp³-hybridized carbons (Fsp3) is 0. The van der Waals surface area contributed by atoms with E-state index < -0.39 is 16.1 Å². The number of rotatable bonds is 11. The third-order valence-corrected chi connectivity index (χ3v) is 27.6. The summed E-state index contributed by atoms with van der Waals surface area (Å²) in [4.78, 5) is 5.25. The highest BCUT2D eigenvalue weighted by Crippen LogP contribution is 2.46. The summed E-state index contributed by atoms with van der Waals surface area (Å²) in [6.45, 7) is -0.148. The smallest absolute Gasteiger partial charge is 0.252 e. The Morgan fingerprint density at radius 2 is 0.619 bits per heavy atom. The van der Waals surface area contributed by atoms with E-state index >= 15 is 0 Å². The van der Waals surface area contributed by atoms with Crippen LogP contribution in [0.15, 0.2) is 340 Å². The van der Waals surface area contributed by atoms with Crippen molar-refractivity contribution in [1.82, 2.24) is 4.57 Å². The molecule has 0 aliphatic carbocycles. The lowest BCUT2D eigenvalue weighted by atomic mass is 9.33. The number of fused-ring (bicyclic) bond motifs is 7. The zero-order valence-corrected chi connectivity index (χ0v) is 48.3. The van der Waals surface area contributed by atoms with E-state index in [2.05, 4.69) is 354 Å². The van der Waals surface area contributed by atoms with Crippen LogP contribution >= 0.6 is 0 Å². The quantitative estimate of drug-likeness (QED) is 0.0945. The van der Waals surface area contributed by atoms with E-state index in [1.807, 2.05) is 0 Å². The lowest BCUT2D eigenvalue weighted by Crippen LogP contribution is -2.76. The maximum atomic E-state index is 2.70. The summed E-state index contributed by atoms with van der Waals surface area (Å²) in [6, 6.07) is 129. The molecule has 0 bridgehead atoms. The Morgan fingerprint density at radius 1 is 0.238 bits per heavy atom. The number of hydrogen-bond acceptors (Lipinski definition) is 2. The van der Waals surface area contributed by atoms with Crippen LogP contribution in [0.3, 0.4) is 0 Å². The minimum Gasteiger partial charge on any atom is -0.311 e. The van der Waals surface area contributed by atoms with Gasteiger partial charge in [0.2, 0.25) is 0 Å². The zero-order valence-electron chi connectivity index (χ0n) is 46.3. The number of aromatic nitrogens is 1. The van der Waals surface area contributed by atoms with Gasteiger partial charge in [-0.1, -0.05) is 285 Å². The maximum absolute atomic E-state index is 3.18. The monoisotopic (exact) mass is 1100 g/mol. The number of benzene rings is 13. The molecule has 0 spiro atoms. The van der Waals surface area contributed by atoms with Gasteiger partial charge in [-0.25, -0.2) is 0 Å². The minimum atomic E-state index is -3.18. The second-order valence-corrected chi connectivity index (χ2v) is 29.8. The largest absolute Gasteiger partial charge is 0.311 e. The molecule has 0 amide bonds. The molecule has 1 aromatic heterocycles. The average Bonchev–Trinajstić information content (AvgIpc) is 1.53. The van der Waals surface area contributed by atoms with Crippen molar-refractivity contribution in [2.45, 2.75) is 0 Å². The molecule has 394 valence electrons. The van der Waals surface area contributed by atoms with E-state index in [0.717, 1.165) is 28.4 Å². The first-order valence-corrected chi connectivity index (χ1v) is 33.2. The number of nitrogens with zero attached hydrogens (tertiary/aromatic N) is 3. The molecule has 0 radical (unpaired) electrons. The Bertz CT molecular complexity index is 4490. The highest BCUT2D eigenvalue weighted by Gasteiger charge is 2.49. The Labute approximate surface area is 493 Å². The number of para-hydroxylation sites is 5. The van der Waals surface area contributed by atoms with Crippen LogP contribution < -0.4 is 67.7 Å². The van der Waals surface area contributed by atoms with E-state index in [1.54, 1.807) is 0 Å². The molecule has 84 heavy (non-hydrogen) atoms. The third-order valence-electron chi connectivity index (χ3n) is 18.0. The lowest BCUT2D eigenvalue weighted by Gasteiger charge is -2.46. The minimum absolute atomic E-state index is 0.148. The van der Waals surface area contributed by atoms with E-state index in [0.29, 0.717) is 0 Å². The van der Waals surface area contributed by atoms with Gasteiger partial charge in [-0.3, -0.25) is 0 Å². The summed E-state index contributed by atoms with van der Waals surface area (Å²) in [5, 5.41) is 13.2. The van der Waals surface area contributed by atoms with Gasteiger partial charge < -0.3 is 14.4 Å². The summed E-state index contributed by atoms with van der Waals surface area (Å²) in [6.07, 6.45) is 0. The molecule has 0 saturated heterocycles. The molecule has 0 atom stereocenters. The summed E-state index contributed by atoms with van der Waals surface area (Å²) in [7, 11) is -6.23. The molecule has 13 aromatic carbocycles. The molecule has 2 aliphatic heterocycles. The maximum Gasteiger partial charge on any atom is 0.252 e. The van der Waals surface area contributed by atoms with Crippen LogP contribution in [0.2, 0.25) is 0 Å². The second kappa shape index (κ2) is 20.3. The molecule has 3 nitrogen and oxygen atoms in total. The van der Waals surface area contributed by atoms with E-state index in [9.17, 15) is 0 Å². The summed E-state index contributed by atoms with van der Waals surface area (Å²) >= 11 is 0. The zero-order chi connectivity index (χ0) is 55.6. The van der Waals surface area contributed by atoms with Crippen LogP contribution in [0.1, 0.15) is 0 Å². The molecular weight excluding hydrogens is 1050 g/mol. The van der Waals surface area contributed by atoms with Crippen LogP contribution in [0.5, 0.6) is 0 Å². The predicted octanol–water partition coefficient (Wildman–Crippen LogP) is 11.6. The van der Waals surface area contributed by atoms with Crippen molar-refractivity contribution < 1.29 is 0 Å². The first-order chi connectivity index (χ1) is 41.7. The molecule has 16 rings (SSSR count). The Balaban J connectivity index is 1.08. The summed E-state index contributed by atoms with van der Waals surface area (Å²) < 4.78 is 2.51. The van der Waals surface area contributed by atoms with Crippen molar-refractivity contribution in [3.05, 3.63) is 340 Å². The molecule has 14 aromatic rings. The van der Waals surface area contributed by atoms with Crippen LogP contribution in [0, 0.1) is 0 Å². The topological polar surface area (TPSA) is 11.4 Å². The van der Waals surface area contributed by atoms with Gasteiger partial charge in [-0.2, -0.15) is 0 Å². The Morgan fingerprint density at radius 3 is 1.12 bits per heavy atom. The van der Waals surface area contributed by atoms with Gasteiger partial charge in [0.25, 0.3) is 6.71 Å². The predicted molar refractivity (Wildman–Crippen MR) is 362 cm³/mol. The van der Waals surface area contributed by atoms with Gasteiger partial charge in [0.1, 0.15) is 0 Å². The van der Waals surface area contributed by atoms with Gasteiger partial charge in [-0.15, -0.1) is 0 Å². The van der Waals surface area contributed by atoms with E-state index in [-0.39, 0.29) is 6.71 Å². The third kappa shape index (κ3) is 7.51. The molecule has 3 heterocycles. The first-order valence-electron chi connectivity index (χ1n) is 29.2. The summed E-state index contributed by atoms with van der Waals surface area (Å²) in [5.74, 6) is 0. The van der Waals surface area contributed by atoms with Crippen LogP contribution in [0.25, 0.3) is 27.5 Å². The van der Waals surface area contributed by atoms with Crippen molar-refractivity contribution in [1.29, 1.82) is 0 Å². The second-order valence-electron chi connectivity index (χ2n) is 22.3. The average molecular weight is 1100 g/mol. The Hall–Kier alpha value is -10.2. The fourth-order valence-corrected chi connectivity index (χ4v) is 24.4. The molecule has 0 N–H and O–H groups in total. The van der Waals surface area contributed by atoms with Crippen molar-refractivity contribution in [2.24, 2.45) is 0 Å². The lowest BCUT2D eigenvalue weighted by molar-refractivity contribution is 1.16. The van der Waals surface area contributed by atoms with E-state index in [4.69, 9.17) is 0 Å². The van der Waals surface area contributed by atoms with Crippen LogP contribution in [-0.4, -0.2) is 27.4 Å². The molecule has 0 fully saturated rings. The standard InChI is InChI=1S/C78H56BN3Si2/c1-8-30-57(31-9-1)80-72-49-27-24-46-68(72)79-69-56-65(83(59-32-10-2-11-33-59,60-34-12-3-13-35-60)61-36-14-4-15-37-61)52-53-73(69)82(76-55-58(54-75(80)78(76)79)81-70-47-25-22-44-66(70)67-45-23-26-48-71(67)81)74-50-28-29-51-77(74)84(62-38-16-5-17-39-62,63-40-18-6-19-41-63)64-42-20-7-21-43-64/h1-56H. The van der Waals surface area contributed by atoms with Crippen molar-refractivity contribution >= 4 is 137 Å². The van der Waals surface area contributed by atoms with Crippen LogP contribution in [0.4, 0.5) is 34.1 Å². The highest BCUT2D eigenvalue weighted by molar-refractivity contribution is 7.21. The highest BCUT2D eigenvalue weighted by atomic mass is 28.3. The fourth-order valence-electron chi connectivity index (χ4n) is 14.7. The van der Waals surface area contributed by atoms with Crippen LogP contribution in [-0.2, 0) is 0 Å². The number of anilines is 6. The van der Waals surface area contributed by atoms with Crippen molar-refractivity contribution in [3.8, 4) is 5.69 Å². The molecule has 0 saturated carbocycles. The molecule has 6 heteroatoms. The van der Waals surface area contributed by atoms with Gasteiger partial charge >= 0.3 is 0 Å². The van der Waals surface area contributed by atoms with Gasteiger partial charge in [0.05, 0.1) is 16.7 Å². The molecule has 0 unspecified atom stereocenters. The van der Waals surface area contributed by atoms with Crippen molar-refractivity contribution in [2.75, 3.05) is 9.80 Å².